The summed E-state index contributed by atoms with van der Waals surface area (Å²) in [5, 5.41) is 5.02. The zero-order chi connectivity index (χ0) is 18.0. The van der Waals surface area contributed by atoms with E-state index < -0.39 is 0 Å². The summed E-state index contributed by atoms with van der Waals surface area (Å²) in [6, 6.07) is 19.7. The van der Waals surface area contributed by atoms with Crippen molar-refractivity contribution in [2.24, 2.45) is 7.05 Å². The zero-order valence-corrected chi connectivity index (χ0v) is 15.7. The fourth-order valence-corrected chi connectivity index (χ4v) is 5.32. The lowest BCUT2D eigenvalue weighted by atomic mass is 9.83. The van der Waals surface area contributed by atoms with Gasteiger partial charge in [-0.3, -0.25) is 0 Å². The van der Waals surface area contributed by atoms with Gasteiger partial charge in [0.1, 0.15) is 11.2 Å². The third kappa shape index (κ3) is 2.07. The van der Waals surface area contributed by atoms with Gasteiger partial charge < -0.3 is 8.98 Å². The van der Waals surface area contributed by atoms with Crippen LogP contribution < -0.4 is 0 Å². The normalized spacial score (nSPS) is 16.2. The van der Waals surface area contributed by atoms with Crippen LogP contribution in [0.1, 0.15) is 43.6 Å². The van der Waals surface area contributed by atoms with Gasteiger partial charge >= 0.3 is 0 Å². The number of hydrogen-bond donors (Lipinski definition) is 0. The third-order valence-corrected chi connectivity index (χ3v) is 6.60. The predicted molar refractivity (Wildman–Crippen MR) is 114 cm³/mol. The molecule has 0 N–H and O–H groups in total. The summed E-state index contributed by atoms with van der Waals surface area (Å²) in [5.74, 6) is 0.691. The molecule has 2 nitrogen and oxygen atoms in total. The summed E-state index contributed by atoms with van der Waals surface area (Å²) in [6.45, 7) is 0. The molecule has 0 bridgehead atoms. The smallest absolute Gasteiger partial charge is 0.145 e. The van der Waals surface area contributed by atoms with Crippen molar-refractivity contribution in [3.63, 3.8) is 0 Å². The molecule has 0 saturated heterocycles. The number of hydrogen-bond acceptors (Lipinski definition) is 1. The molecule has 0 aliphatic heterocycles. The van der Waals surface area contributed by atoms with Crippen molar-refractivity contribution in [2.45, 2.75) is 38.0 Å². The van der Waals surface area contributed by atoms with Gasteiger partial charge in [-0.25, -0.2) is 0 Å². The van der Waals surface area contributed by atoms with Crippen LogP contribution in [0, 0.1) is 0 Å². The minimum absolute atomic E-state index is 0.691. The molecule has 1 aliphatic rings. The van der Waals surface area contributed by atoms with Gasteiger partial charge in [0, 0.05) is 23.2 Å². The van der Waals surface area contributed by atoms with Crippen molar-refractivity contribution in [3.05, 3.63) is 60.2 Å². The highest BCUT2D eigenvalue weighted by molar-refractivity contribution is 6.23. The van der Waals surface area contributed by atoms with Crippen molar-refractivity contribution in [1.29, 1.82) is 0 Å². The Balaban J connectivity index is 1.75. The number of furan rings is 1. The average Bonchev–Trinajstić information content (AvgIpc) is 3.24. The Morgan fingerprint density at radius 2 is 1.63 bits per heavy atom. The molecule has 2 heteroatoms. The summed E-state index contributed by atoms with van der Waals surface area (Å²) in [4.78, 5) is 0. The first kappa shape index (κ1) is 15.3. The first-order chi connectivity index (χ1) is 13.3. The first-order valence-corrected chi connectivity index (χ1v) is 10.1. The summed E-state index contributed by atoms with van der Waals surface area (Å²) in [6.07, 6.45) is 6.75. The van der Waals surface area contributed by atoms with E-state index in [1.54, 1.807) is 0 Å². The van der Waals surface area contributed by atoms with Crippen LogP contribution in [0.2, 0.25) is 0 Å². The van der Waals surface area contributed by atoms with Gasteiger partial charge in [0.15, 0.2) is 0 Å². The van der Waals surface area contributed by atoms with Crippen molar-refractivity contribution in [1.82, 2.24) is 4.57 Å². The largest absolute Gasteiger partial charge is 0.455 e. The molecule has 1 saturated carbocycles. The molecule has 5 aromatic rings. The van der Waals surface area contributed by atoms with Crippen LogP contribution in [0.15, 0.2) is 59.0 Å². The molecule has 3 aromatic carbocycles. The number of para-hydroxylation sites is 2. The van der Waals surface area contributed by atoms with Gasteiger partial charge in [0.05, 0.1) is 16.4 Å². The number of nitrogens with zero attached hydrogens (tertiary/aromatic N) is 1. The van der Waals surface area contributed by atoms with Crippen molar-refractivity contribution >= 4 is 43.7 Å². The molecule has 1 aliphatic carbocycles. The third-order valence-electron chi connectivity index (χ3n) is 6.60. The van der Waals surface area contributed by atoms with Crippen LogP contribution >= 0.6 is 0 Å². The van der Waals surface area contributed by atoms with Crippen LogP contribution in [-0.4, -0.2) is 4.57 Å². The maximum absolute atomic E-state index is 6.36. The number of aromatic nitrogens is 1. The van der Waals surface area contributed by atoms with E-state index in [4.69, 9.17) is 4.42 Å². The van der Waals surface area contributed by atoms with E-state index in [0.29, 0.717) is 5.92 Å². The molecule has 27 heavy (non-hydrogen) atoms. The molecule has 0 atom stereocenters. The van der Waals surface area contributed by atoms with Gasteiger partial charge in [0.25, 0.3) is 0 Å². The monoisotopic (exact) mass is 353 g/mol. The second-order valence-corrected chi connectivity index (χ2v) is 8.07. The molecule has 1 fully saturated rings. The first-order valence-electron chi connectivity index (χ1n) is 10.1. The van der Waals surface area contributed by atoms with Crippen molar-refractivity contribution in [2.75, 3.05) is 0 Å². The summed E-state index contributed by atoms with van der Waals surface area (Å²) in [5.41, 5.74) is 6.18. The summed E-state index contributed by atoms with van der Waals surface area (Å²) < 4.78 is 8.75. The van der Waals surface area contributed by atoms with Crippen LogP contribution in [0.3, 0.4) is 0 Å². The Morgan fingerprint density at radius 1 is 0.815 bits per heavy atom. The molecule has 2 heterocycles. The lowest BCUT2D eigenvalue weighted by molar-refractivity contribution is 0.445. The second kappa shape index (κ2) is 5.63. The molecule has 0 spiro atoms. The fourth-order valence-electron chi connectivity index (χ4n) is 5.32. The van der Waals surface area contributed by atoms with Gasteiger partial charge in [-0.15, -0.1) is 0 Å². The lowest BCUT2D eigenvalue weighted by Gasteiger charge is -2.23. The van der Waals surface area contributed by atoms with Gasteiger partial charge in [-0.1, -0.05) is 55.7 Å². The van der Waals surface area contributed by atoms with E-state index in [-0.39, 0.29) is 0 Å². The molecule has 0 amide bonds. The standard InChI is InChI=1S/C25H23NO/c1-26-21-15-14-19-18-10-5-6-13-22(18)27-25(19)23(21)20-12-7-11-17(24(20)26)16-8-3-2-4-9-16/h5-7,10-16H,2-4,8-9H2,1H3. The highest BCUT2D eigenvalue weighted by Crippen LogP contribution is 2.42. The highest BCUT2D eigenvalue weighted by atomic mass is 16.3. The molecular weight excluding hydrogens is 330 g/mol. The van der Waals surface area contributed by atoms with E-state index >= 15 is 0 Å². The van der Waals surface area contributed by atoms with Crippen LogP contribution in [0.25, 0.3) is 43.7 Å². The highest BCUT2D eigenvalue weighted by Gasteiger charge is 2.22. The van der Waals surface area contributed by atoms with Crippen molar-refractivity contribution < 1.29 is 4.42 Å². The fraction of sp³-hybridized carbons (Fsp3) is 0.280. The van der Waals surface area contributed by atoms with E-state index in [9.17, 15) is 0 Å². The predicted octanol–water partition coefficient (Wildman–Crippen LogP) is 7.28. The number of fused-ring (bicyclic) bond motifs is 7. The van der Waals surface area contributed by atoms with E-state index in [0.717, 1.165) is 11.2 Å². The lowest BCUT2D eigenvalue weighted by Crippen LogP contribution is -2.06. The molecular formula is C25H23NO. The summed E-state index contributed by atoms with van der Waals surface area (Å²) in [7, 11) is 2.21. The van der Waals surface area contributed by atoms with Crippen molar-refractivity contribution in [3.8, 4) is 0 Å². The second-order valence-electron chi connectivity index (χ2n) is 8.07. The quantitative estimate of drug-likeness (QED) is 0.310. The summed E-state index contributed by atoms with van der Waals surface area (Å²) >= 11 is 0. The SMILES string of the molecule is Cn1c2ccc3c4ccccc4oc3c2c2cccc(C3CCCCC3)c21. The number of benzene rings is 3. The van der Waals surface area contributed by atoms with Crippen LogP contribution in [0.5, 0.6) is 0 Å². The van der Waals surface area contributed by atoms with E-state index in [2.05, 4.69) is 60.1 Å². The average molecular weight is 353 g/mol. The number of rotatable bonds is 1. The van der Waals surface area contributed by atoms with Crippen LogP contribution in [-0.2, 0) is 7.05 Å². The maximum atomic E-state index is 6.36. The maximum Gasteiger partial charge on any atom is 0.145 e. The topological polar surface area (TPSA) is 18.1 Å². The van der Waals surface area contributed by atoms with Crippen LogP contribution in [0.4, 0.5) is 0 Å². The molecule has 134 valence electrons. The van der Waals surface area contributed by atoms with E-state index in [1.165, 1.54) is 70.2 Å². The van der Waals surface area contributed by atoms with Gasteiger partial charge in [-0.05, 0) is 42.5 Å². The minimum Gasteiger partial charge on any atom is -0.455 e. The number of aryl methyl sites for hydroxylation is 1. The van der Waals surface area contributed by atoms with E-state index in [1.807, 2.05) is 6.07 Å². The van der Waals surface area contributed by atoms with Gasteiger partial charge in [-0.2, -0.15) is 0 Å². The van der Waals surface area contributed by atoms with Gasteiger partial charge in [0.2, 0.25) is 0 Å². The molecule has 0 radical (unpaired) electrons. The molecule has 2 aromatic heterocycles. The Morgan fingerprint density at radius 3 is 2.52 bits per heavy atom. The molecule has 6 rings (SSSR count). The Kier molecular flexibility index (Phi) is 3.19. The zero-order valence-electron chi connectivity index (χ0n) is 15.7. The Hall–Kier alpha value is -2.74. The Bertz CT molecular complexity index is 1310. The molecule has 0 unspecified atom stereocenters. The Labute approximate surface area is 158 Å². The minimum atomic E-state index is 0.691.